The molecular weight excluding hydrogens is 258 g/mol. The molecule has 1 aromatic carbocycles. The van der Waals surface area contributed by atoms with Gasteiger partial charge in [-0.25, -0.2) is 9.59 Å². The van der Waals surface area contributed by atoms with Crippen LogP contribution in [0.5, 0.6) is 0 Å². The summed E-state index contributed by atoms with van der Waals surface area (Å²) in [6, 6.07) is 8.55. The molecule has 2 amide bonds. The van der Waals surface area contributed by atoms with E-state index >= 15 is 0 Å². The predicted octanol–water partition coefficient (Wildman–Crippen LogP) is 2.23. The Labute approximate surface area is 117 Å². The van der Waals surface area contributed by atoms with Crippen LogP contribution < -0.4 is 5.32 Å². The number of amides is 2. The van der Waals surface area contributed by atoms with Crippen LogP contribution in [0.4, 0.5) is 10.5 Å². The van der Waals surface area contributed by atoms with E-state index in [1.807, 2.05) is 18.2 Å². The highest BCUT2D eigenvalue weighted by atomic mass is 16.5. The number of urea groups is 1. The number of anilines is 1. The Bertz CT molecular complexity index is 530. The second kappa shape index (κ2) is 5.73. The first-order valence-corrected chi connectivity index (χ1v) is 6.44. The van der Waals surface area contributed by atoms with Gasteiger partial charge in [0.25, 0.3) is 0 Å². The summed E-state index contributed by atoms with van der Waals surface area (Å²) in [5.74, 6) is -0.458. The Hall–Kier alpha value is -2.37. The molecule has 0 radical (unpaired) electrons. The first kappa shape index (κ1) is 14.0. The number of hydrazone groups is 1. The fraction of sp³-hybridized carbons (Fsp3) is 0.357. The van der Waals surface area contributed by atoms with E-state index < -0.39 is 17.5 Å². The van der Waals surface area contributed by atoms with Gasteiger partial charge >= 0.3 is 12.0 Å². The van der Waals surface area contributed by atoms with Crippen LogP contribution in [0, 0.1) is 0 Å². The third-order valence-corrected chi connectivity index (χ3v) is 3.09. The minimum atomic E-state index is -1.09. The summed E-state index contributed by atoms with van der Waals surface area (Å²) in [5.41, 5.74) is -0.444. The molecule has 1 atom stereocenters. The van der Waals surface area contributed by atoms with Gasteiger partial charge in [0, 0.05) is 18.3 Å². The lowest BCUT2D eigenvalue weighted by Crippen LogP contribution is -2.51. The maximum absolute atomic E-state index is 12.2. The van der Waals surface area contributed by atoms with E-state index in [0.29, 0.717) is 12.1 Å². The van der Waals surface area contributed by atoms with Crippen molar-refractivity contribution in [1.82, 2.24) is 5.01 Å². The van der Waals surface area contributed by atoms with Crippen molar-refractivity contribution in [3.05, 3.63) is 30.3 Å². The average molecular weight is 275 g/mol. The summed E-state index contributed by atoms with van der Waals surface area (Å²) < 4.78 is 5.02. The van der Waals surface area contributed by atoms with Crippen LogP contribution in [0.25, 0.3) is 0 Å². The van der Waals surface area contributed by atoms with E-state index in [1.165, 1.54) is 0 Å². The second-order valence-corrected chi connectivity index (χ2v) is 4.60. The van der Waals surface area contributed by atoms with Crippen molar-refractivity contribution in [2.45, 2.75) is 25.8 Å². The first-order chi connectivity index (χ1) is 9.58. The monoisotopic (exact) mass is 275 g/mol. The average Bonchev–Trinajstić information content (AvgIpc) is 2.84. The first-order valence-electron chi connectivity index (χ1n) is 6.44. The Morgan fingerprint density at radius 1 is 1.40 bits per heavy atom. The molecule has 0 fully saturated rings. The van der Waals surface area contributed by atoms with Crippen LogP contribution >= 0.6 is 0 Å². The topological polar surface area (TPSA) is 71.0 Å². The zero-order chi connectivity index (χ0) is 14.6. The van der Waals surface area contributed by atoms with Gasteiger partial charge in [-0.3, -0.25) is 0 Å². The van der Waals surface area contributed by atoms with E-state index in [2.05, 4.69) is 10.4 Å². The zero-order valence-electron chi connectivity index (χ0n) is 11.5. The molecule has 2 rings (SSSR count). The van der Waals surface area contributed by atoms with Crippen LogP contribution in [0.15, 0.2) is 35.4 Å². The van der Waals surface area contributed by atoms with Crippen molar-refractivity contribution in [3.8, 4) is 0 Å². The molecule has 1 aliphatic rings. The number of para-hydroxylation sites is 1. The smallest absolute Gasteiger partial charge is 0.343 e. The highest BCUT2D eigenvalue weighted by molar-refractivity contribution is 5.97. The number of nitrogens with zero attached hydrogens (tertiary/aromatic N) is 2. The highest BCUT2D eigenvalue weighted by Gasteiger charge is 2.46. The maximum atomic E-state index is 12.2. The van der Waals surface area contributed by atoms with Crippen molar-refractivity contribution < 1.29 is 14.3 Å². The molecule has 6 nitrogen and oxygen atoms in total. The van der Waals surface area contributed by atoms with Gasteiger partial charge in [-0.05, 0) is 26.0 Å². The lowest BCUT2D eigenvalue weighted by Gasteiger charge is -2.30. The van der Waals surface area contributed by atoms with Gasteiger partial charge < -0.3 is 10.1 Å². The van der Waals surface area contributed by atoms with Gasteiger partial charge in [0.1, 0.15) is 0 Å². The summed E-state index contributed by atoms with van der Waals surface area (Å²) in [5, 5.41) is 7.82. The van der Waals surface area contributed by atoms with Crippen molar-refractivity contribution in [2.24, 2.45) is 5.10 Å². The maximum Gasteiger partial charge on any atom is 0.343 e. The number of carbonyl (C=O) groups excluding carboxylic acids is 2. The Morgan fingerprint density at radius 3 is 2.75 bits per heavy atom. The summed E-state index contributed by atoms with van der Waals surface area (Å²) in [6.45, 7) is 3.64. The number of hydrogen-bond acceptors (Lipinski definition) is 4. The van der Waals surface area contributed by atoms with Crippen LogP contribution in [0.2, 0.25) is 0 Å². The molecule has 6 heteroatoms. The molecule has 106 valence electrons. The summed E-state index contributed by atoms with van der Waals surface area (Å²) in [7, 11) is 0. The molecular formula is C14H17N3O3. The van der Waals surface area contributed by atoms with Crippen LogP contribution in [-0.4, -0.2) is 35.4 Å². The summed E-state index contributed by atoms with van der Waals surface area (Å²) >= 11 is 0. The van der Waals surface area contributed by atoms with Gasteiger partial charge in [0.15, 0.2) is 5.54 Å². The van der Waals surface area contributed by atoms with E-state index in [9.17, 15) is 9.59 Å². The van der Waals surface area contributed by atoms with Gasteiger partial charge in [0.2, 0.25) is 0 Å². The lowest BCUT2D eigenvalue weighted by atomic mass is 9.99. The lowest BCUT2D eigenvalue weighted by molar-refractivity contribution is -0.153. The Balaban J connectivity index is 2.12. The number of nitrogens with one attached hydrogen (secondary N) is 1. The van der Waals surface area contributed by atoms with Crippen molar-refractivity contribution in [3.63, 3.8) is 0 Å². The summed E-state index contributed by atoms with van der Waals surface area (Å²) in [6.07, 6.45) is 1.88. The SMILES string of the molecule is CCOC(=O)[C@]1(C)CC=NN1C(=O)Nc1ccccc1. The van der Waals surface area contributed by atoms with Gasteiger partial charge in [0.05, 0.1) is 6.61 Å². The van der Waals surface area contributed by atoms with E-state index in [4.69, 9.17) is 4.74 Å². The molecule has 0 saturated heterocycles. The van der Waals surface area contributed by atoms with Gasteiger partial charge in [-0.2, -0.15) is 10.1 Å². The quantitative estimate of drug-likeness (QED) is 0.860. The van der Waals surface area contributed by atoms with Crippen molar-refractivity contribution >= 4 is 23.9 Å². The molecule has 1 heterocycles. The third kappa shape index (κ3) is 2.64. The minimum Gasteiger partial charge on any atom is -0.464 e. The predicted molar refractivity (Wildman–Crippen MR) is 75.4 cm³/mol. The molecule has 0 aromatic heterocycles. The van der Waals surface area contributed by atoms with Crippen molar-refractivity contribution in [2.75, 3.05) is 11.9 Å². The largest absolute Gasteiger partial charge is 0.464 e. The van der Waals surface area contributed by atoms with Gasteiger partial charge in [-0.15, -0.1) is 0 Å². The standard InChI is InChI=1S/C14H17N3O3/c1-3-20-12(18)14(2)9-10-15-17(14)13(19)16-11-7-5-4-6-8-11/h4-8,10H,3,9H2,1-2H3,(H,16,19)/t14-/m0/s1. The normalized spacial score (nSPS) is 20.8. The minimum absolute atomic E-state index is 0.266. The molecule has 0 spiro atoms. The van der Waals surface area contributed by atoms with E-state index in [-0.39, 0.29) is 6.61 Å². The Kier molecular flexibility index (Phi) is 4.02. The van der Waals surface area contributed by atoms with Crippen LogP contribution in [0.1, 0.15) is 20.3 Å². The van der Waals surface area contributed by atoms with Crippen molar-refractivity contribution in [1.29, 1.82) is 0 Å². The zero-order valence-corrected chi connectivity index (χ0v) is 11.5. The molecule has 0 aliphatic carbocycles. The number of carbonyl (C=O) groups is 2. The fourth-order valence-electron chi connectivity index (χ4n) is 1.94. The number of rotatable bonds is 3. The number of esters is 1. The van der Waals surface area contributed by atoms with E-state index in [0.717, 1.165) is 5.01 Å². The molecule has 1 aromatic rings. The molecule has 0 bridgehead atoms. The Morgan fingerprint density at radius 2 is 2.10 bits per heavy atom. The van der Waals surface area contributed by atoms with E-state index in [1.54, 1.807) is 32.2 Å². The molecule has 20 heavy (non-hydrogen) atoms. The number of benzene rings is 1. The number of hydrogen-bond donors (Lipinski definition) is 1. The highest BCUT2D eigenvalue weighted by Crippen LogP contribution is 2.26. The second-order valence-electron chi connectivity index (χ2n) is 4.60. The van der Waals surface area contributed by atoms with Crippen LogP contribution in [0.3, 0.4) is 0 Å². The molecule has 1 N–H and O–H groups in total. The molecule has 0 unspecified atom stereocenters. The molecule has 0 saturated carbocycles. The third-order valence-electron chi connectivity index (χ3n) is 3.09. The fourth-order valence-corrected chi connectivity index (χ4v) is 1.94. The number of ether oxygens (including phenoxy) is 1. The van der Waals surface area contributed by atoms with Gasteiger partial charge in [-0.1, -0.05) is 18.2 Å². The van der Waals surface area contributed by atoms with Crippen LogP contribution in [-0.2, 0) is 9.53 Å². The summed E-state index contributed by atoms with van der Waals surface area (Å²) in [4.78, 5) is 24.2. The molecule has 1 aliphatic heterocycles.